The Kier molecular flexibility index (Phi) is 4.78. The number of carboxylic acids is 1. The minimum atomic E-state index is -1.10. The second-order valence-electron chi connectivity index (χ2n) is 4.48. The summed E-state index contributed by atoms with van der Waals surface area (Å²) in [4.78, 5) is 11.4. The van der Waals surface area contributed by atoms with Crippen molar-refractivity contribution in [3.8, 4) is 11.5 Å². The molecule has 0 amide bonds. The third kappa shape index (κ3) is 3.44. The van der Waals surface area contributed by atoms with Gasteiger partial charge in [0.2, 0.25) is 0 Å². The number of hydrogen-bond donors (Lipinski definition) is 1. The highest BCUT2D eigenvalue weighted by Gasteiger charge is 2.12. The van der Waals surface area contributed by atoms with E-state index in [1.54, 1.807) is 18.2 Å². The summed E-state index contributed by atoms with van der Waals surface area (Å²) in [5.74, 6) is -0.459. The summed E-state index contributed by atoms with van der Waals surface area (Å²) in [5.41, 5.74) is 1.12. The molecule has 2 aromatic rings. The third-order valence-electron chi connectivity index (χ3n) is 3.10. The van der Waals surface area contributed by atoms with Crippen molar-refractivity contribution in [2.45, 2.75) is 0 Å². The van der Waals surface area contributed by atoms with Crippen LogP contribution in [0.2, 0.25) is 0 Å². The van der Waals surface area contributed by atoms with Crippen molar-refractivity contribution in [3.05, 3.63) is 59.4 Å². The topological polar surface area (TPSA) is 55.8 Å². The number of methoxy groups -OCH3 is 2. The van der Waals surface area contributed by atoms with Gasteiger partial charge in [0.15, 0.2) is 11.5 Å². The summed E-state index contributed by atoms with van der Waals surface area (Å²) in [6.07, 6.45) is 1.50. The van der Waals surface area contributed by atoms with Crippen LogP contribution in [0, 0.1) is 5.82 Å². The maximum Gasteiger partial charge on any atom is 0.336 e. The molecular weight excluding hydrogens is 287 g/mol. The average Bonchev–Trinajstić information content (AvgIpc) is 2.53. The van der Waals surface area contributed by atoms with Crippen LogP contribution in [0.5, 0.6) is 11.5 Å². The van der Waals surface area contributed by atoms with E-state index in [2.05, 4.69) is 0 Å². The Morgan fingerprint density at radius 1 is 1.05 bits per heavy atom. The standard InChI is InChI=1S/C17H15FO4/c1-21-15-8-3-11(10-16(15)22-2)9-14(17(19)20)12-4-6-13(18)7-5-12/h3-10H,1-2H3,(H,19,20). The Morgan fingerprint density at radius 3 is 2.23 bits per heavy atom. The van der Waals surface area contributed by atoms with Gasteiger partial charge >= 0.3 is 5.97 Å². The predicted molar refractivity (Wildman–Crippen MR) is 81.5 cm³/mol. The monoisotopic (exact) mass is 302 g/mol. The summed E-state index contributed by atoms with van der Waals surface area (Å²) in [6.45, 7) is 0. The molecule has 0 aliphatic heterocycles. The van der Waals surface area contributed by atoms with E-state index < -0.39 is 11.8 Å². The first kappa shape index (κ1) is 15.6. The van der Waals surface area contributed by atoms with Crippen LogP contribution in [-0.4, -0.2) is 25.3 Å². The van der Waals surface area contributed by atoms with Gasteiger partial charge in [-0.25, -0.2) is 9.18 Å². The maximum atomic E-state index is 13.0. The van der Waals surface area contributed by atoms with E-state index in [4.69, 9.17) is 9.47 Å². The Morgan fingerprint density at radius 2 is 1.68 bits per heavy atom. The first-order chi connectivity index (χ1) is 10.5. The number of carbonyl (C=O) groups is 1. The normalized spacial score (nSPS) is 11.1. The van der Waals surface area contributed by atoms with Crippen molar-refractivity contribution in [2.75, 3.05) is 14.2 Å². The lowest BCUT2D eigenvalue weighted by molar-refractivity contribution is -0.130. The molecular formula is C17H15FO4. The van der Waals surface area contributed by atoms with Crippen molar-refractivity contribution in [2.24, 2.45) is 0 Å². The first-order valence-electron chi connectivity index (χ1n) is 6.48. The van der Waals surface area contributed by atoms with E-state index in [1.807, 2.05) is 0 Å². The van der Waals surface area contributed by atoms with Crippen LogP contribution in [0.25, 0.3) is 11.6 Å². The predicted octanol–water partition coefficient (Wildman–Crippen LogP) is 3.47. The zero-order valence-corrected chi connectivity index (χ0v) is 12.2. The maximum absolute atomic E-state index is 13.0. The summed E-state index contributed by atoms with van der Waals surface area (Å²) < 4.78 is 23.3. The molecule has 1 N–H and O–H groups in total. The van der Waals surface area contributed by atoms with Gasteiger partial charge in [-0.1, -0.05) is 18.2 Å². The number of aliphatic carboxylic acids is 1. The molecule has 0 aliphatic rings. The first-order valence-corrected chi connectivity index (χ1v) is 6.48. The average molecular weight is 302 g/mol. The lowest BCUT2D eigenvalue weighted by Gasteiger charge is -2.09. The Balaban J connectivity index is 2.46. The fourth-order valence-electron chi connectivity index (χ4n) is 2.01. The van der Waals surface area contributed by atoms with Crippen LogP contribution in [0.1, 0.15) is 11.1 Å². The van der Waals surface area contributed by atoms with Crippen LogP contribution >= 0.6 is 0 Å². The molecule has 0 unspecified atom stereocenters. The van der Waals surface area contributed by atoms with E-state index in [0.29, 0.717) is 22.6 Å². The number of halogens is 1. The third-order valence-corrected chi connectivity index (χ3v) is 3.10. The molecule has 0 heterocycles. The molecule has 2 aromatic carbocycles. The minimum absolute atomic E-state index is 0.0622. The molecule has 0 saturated heterocycles. The molecule has 0 bridgehead atoms. The highest BCUT2D eigenvalue weighted by atomic mass is 19.1. The zero-order chi connectivity index (χ0) is 16.1. The van der Waals surface area contributed by atoms with Gasteiger partial charge in [0.25, 0.3) is 0 Å². The molecule has 0 aromatic heterocycles. The SMILES string of the molecule is COc1ccc(C=C(C(=O)O)c2ccc(F)cc2)cc1OC. The van der Waals surface area contributed by atoms with E-state index in [0.717, 1.165) is 0 Å². The van der Waals surface area contributed by atoms with Gasteiger partial charge in [-0.05, 0) is 41.5 Å². The molecule has 0 saturated carbocycles. The molecule has 0 aliphatic carbocycles. The Hall–Kier alpha value is -2.82. The lowest BCUT2D eigenvalue weighted by atomic mass is 10.0. The molecule has 2 rings (SSSR count). The summed E-state index contributed by atoms with van der Waals surface area (Å²) in [7, 11) is 3.03. The quantitative estimate of drug-likeness (QED) is 0.679. The van der Waals surface area contributed by atoms with Crippen molar-refractivity contribution in [3.63, 3.8) is 0 Å². The molecule has 0 spiro atoms. The number of hydrogen-bond acceptors (Lipinski definition) is 3. The molecule has 0 fully saturated rings. The van der Waals surface area contributed by atoms with Crippen LogP contribution in [0.15, 0.2) is 42.5 Å². The van der Waals surface area contributed by atoms with E-state index in [9.17, 15) is 14.3 Å². The highest BCUT2D eigenvalue weighted by molar-refractivity contribution is 6.20. The second-order valence-corrected chi connectivity index (χ2v) is 4.48. The molecule has 5 heteroatoms. The van der Waals surface area contributed by atoms with E-state index >= 15 is 0 Å². The summed E-state index contributed by atoms with van der Waals surface area (Å²) >= 11 is 0. The fraction of sp³-hybridized carbons (Fsp3) is 0.118. The zero-order valence-electron chi connectivity index (χ0n) is 12.2. The van der Waals surface area contributed by atoms with Gasteiger partial charge < -0.3 is 14.6 Å². The van der Waals surface area contributed by atoms with Gasteiger partial charge in [0, 0.05) is 0 Å². The van der Waals surface area contributed by atoms with Crippen LogP contribution in [-0.2, 0) is 4.79 Å². The number of ether oxygens (including phenoxy) is 2. The van der Waals surface area contributed by atoms with Crippen LogP contribution in [0.4, 0.5) is 4.39 Å². The molecule has 0 radical (unpaired) electrons. The summed E-state index contributed by atoms with van der Waals surface area (Å²) in [5, 5.41) is 9.37. The Bertz CT molecular complexity index is 705. The van der Waals surface area contributed by atoms with E-state index in [1.165, 1.54) is 44.6 Å². The van der Waals surface area contributed by atoms with Crippen molar-refractivity contribution < 1.29 is 23.8 Å². The number of benzene rings is 2. The Labute approximate surface area is 127 Å². The fourth-order valence-corrected chi connectivity index (χ4v) is 2.01. The van der Waals surface area contributed by atoms with Gasteiger partial charge in [-0.3, -0.25) is 0 Å². The molecule has 22 heavy (non-hydrogen) atoms. The number of rotatable bonds is 5. The van der Waals surface area contributed by atoms with Gasteiger partial charge in [0.1, 0.15) is 5.82 Å². The molecule has 114 valence electrons. The molecule has 4 nitrogen and oxygen atoms in total. The lowest BCUT2D eigenvalue weighted by Crippen LogP contribution is -2.00. The van der Waals surface area contributed by atoms with Gasteiger partial charge in [-0.15, -0.1) is 0 Å². The van der Waals surface area contributed by atoms with Gasteiger partial charge in [0.05, 0.1) is 19.8 Å². The smallest absolute Gasteiger partial charge is 0.336 e. The van der Waals surface area contributed by atoms with E-state index in [-0.39, 0.29) is 5.57 Å². The second kappa shape index (κ2) is 6.76. The van der Waals surface area contributed by atoms with Crippen molar-refractivity contribution in [1.29, 1.82) is 0 Å². The minimum Gasteiger partial charge on any atom is -0.493 e. The van der Waals surface area contributed by atoms with Crippen molar-refractivity contribution in [1.82, 2.24) is 0 Å². The largest absolute Gasteiger partial charge is 0.493 e. The van der Waals surface area contributed by atoms with Crippen molar-refractivity contribution >= 4 is 17.6 Å². The van der Waals surface area contributed by atoms with Gasteiger partial charge in [-0.2, -0.15) is 0 Å². The molecule has 0 atom stereocenters. The van der Waals surface area contributed by atoms with Crippen LogP contribution < -0.4 is 9.47 Å². The van der Waals surface area contributed by atoms with Crippen LogP contribution in [0.3, 0.4) is 0 Å². The summed E-state index contributed by atoms with van der Waals surface area (Å²) in [6, 6.07) is 10.4. The highest BCUT2D eigenvalue weighted by Crippen LogP contribution is 2.29. The number of carboxylic acid groups (broad SMARTS) is 1.